The van der Waals surface area contributed by atoms with E-state index in [0.717, 1.165) is 25.0 Å². The van der Waals surface area contributed by atoms with Crippen LogP contribution in [-0.4, -0.2) is 41.8 Å². The van der Waals surface area contributed by atoms with Gasteiger partial charge in [0.2, 0.25) is 0 Å². The molecule has 0 unspecified atom stereocenters. The van der Waals surface area contributed by atoms with E-state index in [2.05, 4.69) is 0 Å². The lowest BCUT2D eigenvalue weighted by atomic mass is 10.2. The van der Waals surface area contributed by atoms with Gasteiger partial charge < -0.3 is 9.84 Å². The fraction of sp³-hybridized carbons (Fsp3) is 0.500. The number of carbonyl (C=O) groups is 1. The predicted molar refractivity (Wildman–Crippen MR) is 68.3 cm³/mol. The number of ether oxygens (including phenoxy) is 1. The number of carboxylic acids is 1. The van der Waals surface area contributed by atoms with Gasteiger partial charge in [-0.25, -0.2) is 4.39 Å². The van der Waals surface area contributed by atoms with Gasteiger partial charge in [0.15, 0.2) is 0 Å². The molecule has 0 saturated carbocycles. The van der Waals surface area contributed by atoms with Gasteiger partial charge >= 0.3 is 5.97 Å². The molecular formula is C14H18FNO3. The van der Waals surface area contributed by atoms with Crippen molar-refractivity contribution >= 4 is 5.97 Å². The van der Waals surface area contributed by atoms with Gasteiger partial charge in [0.05, 0.1) is 12.6 Å². The number of benzene rings is 1. The normalized spacial score (nSPS) is 18.9. The first kappa shape index (κ1) is 14.0. The summed E-state index contributed by atoms with van der Waals surface area (Å²) in [6.45, 7) is 1.68. The number of carboxylic acid groups (broad SMARTS) is 1. The number of nitrogens with zero attached hydrogens (tertiary/aromatic N) is 1. The average Bonchev–Trinajstić information content (AvgIpc) is 2.80. The summed E-state index contributed by atoms with van der Waals surface area (Å²) in [6, 6.07) is 6.25. The zero-order valence-electron chi connectivity index (χ0n) is 10.7. The van der Waals surface area contributed by atoms with Crippen molar-refractivity contribution in [3.05, 3.63) is 35.6 Å². The fourth-order valence-corrected chi connectivity index (χ4v) is 2.35. The van der Waals surface area contributed by atoms with E-state index >= 15 is 0 Å². The molecule has 4 nitrogen and oxygen atoms in total. The highest BCUT2D eigenvalue weighted by Gasteiger charge is 2.20. The van der Waals surface area contributed by atoms with Crippen LogP contribution >= 0.6 is 0 Å². The monoisotopic (exact) mass is 267 g/mol. The molecule has 1 aliphatic rings. The number of rotatable bonds is 6. The first-order valence-electron chi connectivity index (χ1n) is 6.43. The largest absolute Gasteiger partial charge is 0.480 e. The Morgan fingerprint density at radius 2 is 2.37 bits per heavy atom. The van der Waals surface area contributed by atoms with Crippen LogP contribution in [0.3, 0.4) is 0 Å². The first-order chi connectivity index (χ1) is 9.13. The Labute approximate surface area is 111 Å². The molecular weight excluding hydrogens is 249 g/mol. The standard InChI is InChI=1S/C14H18FNO3/c15-12-4-1-3-11(7-12)8-16(10-14(17)18)9-13-5-2-6-19-13/h1,3-4,7,13H,2,5-6,8-10H2,(H,17,18)/t13-/m1/s1. The summed E-state index contributed by atoms with van der Waals surface area (Å²) in [7, 11) is 0. The Kier molecular flexibility index (Phi) is 4.87. The minimum absolute atomic E-state index is 0.0592. The van der Waals surface area contributed by atoms with Crippen LogP contribution in [0.5, 0.6) is 0 Å². The van der Waals surface area contributed by atoms with Crippen LogP contribution in [-0.2, 0) is 16.1 Å². The maximum atomic E-state index is 13.1. The lowest BCUT2D eigenvalue weighted by molar-refractivity contribution is -0.138. The molecule has 0 bridgehead atoms. The number of hydrogen-bond donors (Lipinski definition) is 1. The van der Waals surface area contributed by atoms with Gasteiger partial charge in [-0.1, -0.05) is 12.1 Å². The van der Waals surface area contributed by atoms with Crippen LogP contribution in [0.1, 0.15) is 18.4 Å². The number of aliphatic carboxylic acids is 1. The average molecular weight is 267 g/mol. The molecule has 1 fully saturated rings. The summed E-state index contributed by atoms with van der Waals surface area (Å²) < 4.78 is 18.6. The van der Waals surface area contributed by atoms with E-state index in [-0.39, 0.29) is 18.5 Å². The Hall–Kier alpha value is -1.46. The lowest BCUT2D eigenvalue weighted by Crippen LogP contribution is -2.35. The fourth-order valence-electron chi connectivity index (χ4n) is 2.35. The van der Waals surface area contributed by atoms with Gasteiger partial charge in [0.25, 0.3) is 0 Å². The number of halogens is 1. The van der Waals surface area contributed by atoms with Crippen molar-refractivity contribution in [2.45, 2.75) is 25.5 Å². The molecule has 1 heterocycles. The van der Waals surface area contributed by atoms with E-state index in [0.29, 0.717) is 13.1 Å². The summed E-state index contributed by atoms with van der Waals surface area (Å²) in [4.78, 5) is 12.7. The van der Waals surface area contributed by atoms with E-state index in [1.807, 2.05) is 0 Å². The third-order valence-corrected chi connectivity index (χ3v) is 3.14. The molecule has 1 atom stereocenters. The summed E-state index contributed by atoms with van der Waals surface area (Å²) in [5.41, 5.74) is 0.777. The van der Waals surface area contributed by atoms with Crippen molar-refractivity contribution in [3.63, 3.8) is 0 Å². The molecule has 0 aliphatic carbocycles. The van der Waals surface area contributed by atoms with Crippen molar-refractivity contribution < 1.29 is 19.0 Å². The van der Waals surface area contributed by atoms with E-state index in [4.69, 9.17) is 9.84 Å². The zero-order chi connectivity index (χ0) is 13.7. The smallest absolute Gasteiger partial charge is 0.317 e. The Morgan fingerprint density at radius 3 is 3.00 bits per heavy atom. The molecule has 0 radical (unpaired) electrons. The van der Waals surface area contributed by atoms with Crippen molar-refractivity contribution in [2.75, 3.05) is 19.7 Å². The maximum absolute atomic E-state index is 13.1. The zero-order valence-corrected chi connectivity index (χ0v) is 10.7. The minimum atomic E-state index is -0.880. The van der Waals surface area contributed by atoms with Gasteiger partial charge in [-0.05, 0) is 30.5 Å². The molecule has 104 valence electrons. The van der Waals surface area contributed by atoms with Gasteiger partial charge in [-0.2, -0.15) is 0 Å². The summed E-state index contributed by atoms with van der Waals surface area (Å²) in [5, 5.41) is 8.93. The topological polar surface area (TPSA) is 49.8 Å². The van der Waals surface area contributed by atoms with Crippen LogP contribution in [0.15, 0.2) is 24.3 Å². The second kappa shape index (κ2) is 6.63. The molecule has 1 N–H and O–H groups in total. The van der Waals surface area contributed by atoms with E-state index in [1.165, 1.54) is 12.1 Å². The molecule has 5 heteroatoms. The second-order valence-corrected chi connectivity index (χ2v) is 4.83. The molecule has 1 saturated heterocycles. The van der Waals surface area contributed by atoms with Crippen LogP contribution in [0.25, 0.3) is 0 Å². The highest BCUT2D eigenvalue weighted by atomic mass is 19.1. The summed E-state index contributed by atoms with van der Waals surface area (Å²) in [6.07, 6.45) is 2.07. The first-order valence-corrected chi connectivity index (χ1v) is 6.43. The van der Waals surface area contributed by atoms with Crippen LogP contribution in [0.2, 0.25) is 0 Å². The van der Waals surface area contributed by atoms with E-state index in [9.17, 15) is 9.18 Å². The van der Waals surface area contributed by atoms with Crippen molar-refractivity contribution in [1.29, 1.82) is 0 Å². The lowest BCUT2D eigenvalue weighted by Gasteiger charge is -2.23. The molecule has 0 aromatic heterocycles. The molecule has 19 heavy (non-hydrogen) atoms. The maximum Gasteiger partial charge on any atom is 0.317 e. The van der Waals surface area contributed by atoms with Crippen LogP contribution in [0, 0.1) is 5.82 Å². The Balaban J connectivity index is 1.98. The molecule has 2 rings (SSSR count). The number of hydrogen-bond acceptors (Lipinski definition) is 3. The summed E-state index contributed by atoms with van der Waals surface area (Å²) in [5.74, 6) is -1.18. The highest BCUT2D eigenvalue weighted by molar-refractivity contribution is 5.69. The third-order valence-electron chi connectivity index (χ3n) is 3.14. The molecule has 1 aliphatic heterocycles. The van der Waals surface area contributed by atoms with Gasteiger partial charge in [0, 0.05) is 19.7 Å². The van der Waals surface area contributed by atoms with Gasteiger partial charge in [-0.15, -0.1) is 0 Å². The third kappa shape index (κ3) is 4.61. The predicted octanol–water partition coefficient (Wildman–Crippen LogP) is 1.89. The second-order valence-electron chi connectivity index (χ2n) is 4.83. The van der Waals surface area contributed by atoms with E-state index < -0.39 is 5.97 Å². The van der Waals surface area contributed by atoms with Crippen LogP contribution < -0.4 is 0 Å². The van der Waals surface area contributed by atoms with Gasteiger partial charge in [0.1, 0.15) is 5.82 Å². The van der Waals surface area contributed by atoms with Gasteiger partial charge in [-0.3, -0.25) is 9.69 Å². The molecule has 0 amide bonds. The van der Waals surface area contributed by atoms with Crippen molar-refractivity contribution in [2.24, 2.45) is 0 Å². The molecule has 1 aromatic rings. The molecule has 1 aromatic carbocycles. The summed E-state index contributed by atoms with van der Waals surface area (Å²) >= 11 is 0. The Morgan fingerprint density at radius 1 is 1.53 bits per heavy atom. The quantitative estimate of drug-likeness (QED) is 0.855. The Bertz CT molecular complexity index is 432. The minimum Gasteiger partial charge on any atom is -0.480 e. The van der Waals surface area contributed by atoms with E-state index in [1.54, 1.807) is 17.0 Å². The van der Waals surface area contributed by atoms with Crippen LogP contribution in [0.4, 0.5) is 4.39 Å². The van der Waals surface area contributed by atoms with Crippen molar-refractivity contribution in [1.82, 2.24) is 4.90 Å². The SMILES string of the molecule is O=C(O)CN(Cc1cccc(F)c1)C[C@H]1CCCO1. The highest BCUT2D eigenvalue weighted by Crippen LogP contribution is 2.15. The van der Waals surface area contributed by atoms with Crippen molar-refractivity contribution in [3.8, 4) is 0 Å². The molecule has 0 spiro atoms.